The minimum Gasteiger partial charge on any atom is -0.463 e. The molecule has 28 heavy (non-hydrogen) atoms. The van der Waals surface area contributed by atoms with Gasteiger partial charge >= 0.3 is 11.9 Å². The molecule has 0 aliphatic rings. The third-order valence-corrected chi connectivity index (χ3v) is 4.14. The Morgan fingerprint density at radius 2 is 1.79 bits per heavy atom. The van der Waals surface area contributed by atoms with Crippen LogP contribution in [0.3, 0.4) is 0 Å². The molecule has 7 nitrogen and oxygen atoms in total. The Morgan fingerprint density at radius 3 is 2.25 bits per heavy atom. The van der Waals surface area contributed by atoms with E-state index >= 15 is 0 Å². The van der Waals surface area contributed by atoms with E-state index in [1.807, 2.05) is 25.2 Å². The maximum atomic E-state index is 11.7. The maximum Gasteiger partial charge on any atom is 0.303 e. The van der Waals surface area contributed by atoms with Gasteiger partial charge in [0.2, 0.25) is 0 Å². The Balaban J connectivity index is 5.93. The lowest BCUT2D eigenvalue weighted by molar-refractivity contribution is -0.174. The maximum absolute atomic E-state index is 11.7. The predicted octanol–water partition coefficient (Wildman–Crippen LogP) is 3.20. The fourth-order valence-electron chi connectivity index (χ4n) is 2.50. The predicted molar refractivity (Wildman–Crippen MR) is 111 cm³/mol. The second-order valence-corrected chi connectivity index (χ2v) is 6.77. The van der Waals surface area contributed by atoms with Crippen LogP contribution in [0.5, 0.6) is 0 Å². The SMILES string of the molecule is CC/C=C(\C=C/CBr)C(OC(COC)COC(C)=O)C(OC(C)=O)C(C)OC. The Morgan fingerprint density at radius 1 is 1.11 bits per heavy atom. The summed E-state index contributed by atoms with van der Waals surface area (Å²) in [6, 6.07) is 0. The quantitative estimate of drug-likeness (QED) is 0.221. The Labute approximate surface area is 176 Å². The van der Waals surface area contributed by atoms with Crippen molar-refractivity contribution in [2.24, 2.45) is 0 Å². The number of ether oxygens (including phenoxy) is 5. The lowest BCUT2D eigenvalue weighted by Crippen LogP contribution is -2.46. The number of hydrogen-bond donors (Lipinski definition) is 0. The van der Waals surface area contributed by atoms with Gasteiger partial charge in [-0.15, -0.1) is 0 Å². The topological polar surface area (TPSA) is 80.3 Å². The Bertz CT molecular complexity index is 519. The van der Waals surface area contributed by atoms with E-state index in [9.17, 15) is 9.59 Å². The molecule has 0 aromatic rings. The highest BCUT2D eigenvalue weighted by Gasteiger charge is 2.35. The summed E-state index contributed by atoms with van der Waals surface area (Å²) in [6.07, 6.45) is 4.30. The van der Waals surface area contributed by atoms with Crippen LogP contribution in [0.2, 0.25) is 0 Å². The van der Waals surface area contributed by atoms with E-state index in [0.29, 0.717) is 5.33 Å². The number of hydrogen-bond acceptors (Lipinski definition) is 7. The first-order valence-electron chi connectivity index (χ1n) is 9.20. The fraction of sp³-hybridized carbons (Fsp3) is 0.700. The van der Waals surface area contributed by atoms with Crippen LogP contribution >= 0.6 is 15.9 Å². The first-order valence-corrected chi connectivity index (χ1v) is 10.3. The lowest BCUT2D eigenvalue weighted by Gasteiger charge is -2.34. The average Bonchev–Trinajstić information content (AvgIpc) is 2.65. The van der Waals surface area contributed by atoms with Crippen LogP contribution in [0.15, 0.2) is 23.8 Å². The van der Waals surface area contributed by atoms with Crippen molar-refractivity contribution >= 4 is 27.9 Å². The summed E-state index contributed by atoms with van der Waals surface area (Å²) in [5, 5.41) is 0.661. The summed E-state index contributed by atoms with van der Waals surface area (Å²) in [5.74, 6) is -0.849. The third-order valence-electron chi connectivity index (χ3n) is 3.77. The van der Waals surface area contributed by atoms with Crippen molar-refractivity contribution in [1.29, 1.82) is 0 Å². The highest BCUT2D eigenvalue weighted by atomic mass is 79.9. The number of halogens is 1. The molecule has 0 saturated heterocycles. The van der Waals surface area contributed by atoms with Gasteiger partial charge in [0.15, 0.2) is 6.10 Å². The summed E-state index contributed by atoms with van der Waals surface area (Å²) >= 11 is 3.37. The molecule has 0 fully saturated rings. The van der Waals surface area contributed by atoms with Crippen molar-refractivity contribution in [2.75, 3.05) is 32.8 Å². The first kappa shape index (κ1) is 26.8. The van der Waals surface area contributed by atoms with Gasteiger partial charge in [-0.05, 0) is 18.9 Å². The second kappa shape index (κ2) is 15.7. The molecule has 4 unspecified atom stereocenters. The fourth-order valence-corrected chi connectivity index (χ4v) is 2.69. The van der Waals surface area contributed by atoms with Crippen molar-refractivity contribution < 1.29 is 33.3 Å². The normalized spacial score (nSPS) is 16.5. The summed E-state index contributed by atoms with van der Waals surface area (Å²) < 4.78 is 27.5. The number of allylic oxidation sites excluding steroid dienone is 2. The summed E-state index contributed by atoms with van der Waals surface area (Å²) in [5.41, 5.74) is 0.834. The molecule has 0 aliphatic carbocycles. The van der Waals surface area contributed by atoms with Gasteiger partial charge in [0.25, 0.3) is 0 Å². The van der Waals surface area contributed by atoms with Crippen LogP contribution in [-0.2, 0) is 33.3 Å². The van der Waals surface area contributed by atoms with Gasteiger partial charge < -0.3 is 23.7 Å². The number of esters is 2. The summed E-state index contributed by atoms with van der Waals surface area (Å²) in [7, 11) is 3.08. The zero-order valence-electron chi connectivity index (χ0n) is 17.6. The zero-order chi connectivity index (χ0) is 21.5. The zero-order valence-corrected chi connectivity index (χ0v) is 19.2. The molecule has 0 aliphatic heterocycles. The molecule has 0 rings (SSSR count). The van der Waals surface area contributed by atoms with Crippen LogP contribution in [0, 0.1) is 0 Å². The number of carbonyl (C=O) groups excluding carboxylic acids is 2. The van der Waals surface area contributed by atoms with Gasteiger partial charge in [-0.1, -0.05) is 41.1 Å². The minimum absolute atomic E-state index is 0.0232. The van der Waals surface area contributed by atoms with Gasteiger partial charge in [0.1, 0.15) is 18.8 Å². The van der Waals surface area contributed by atoms with Gasteiger partial charge in [-0.2, -0.15) is 0 Å². The molecule has 0 heterocycles. The smallest absolute Gasteiger partial charge is 0.303 e. The molecule has 162 valence electrons. The third kappa shape index (κ3) is 10.9. The van der Waals surface area contributed by atoms with E-state index < -0.39 is 36.4 Å². The van der Waals surface area contributed by atoms with Crippen LogP contribution in [-0.4, -0.2) is 69.1 Å². The molecule has 0 spiro atoms. The molecule has 0 saturated carbocycles. The van der Waals surface area contributed by atoms with Gasteiger partial charge in [-0.25, -0.2) is 0 Å². The minimum atomic E-state index is -0.697. The molecular weight excluding hydrogens is 432 g/mol. The molecule has 8 heteroatoms. The standard InChI is InChI=1S/C20H33BrO7/c1-7-9-17(10-8-11-21)20(19(14(2)25-6)27-16(4)23)28-18(12-24-5)13-26-15(3)22/h8-10,14,18-20H,7,11-13H2,1-6H3/b10-8-,17-9+. The highest BCUT2D eigenvalue weighted by molar-refractivity contribution is 9.09. The van der Waals surface area contributed by atoms with E-state index in [1.54, 1.807) is 14.0 Å². The molecule has 0 radical (unpaired) electrons. The van der Waals surface area contributed by atoms with E-state index in [0.717, 1.165) is 12.0 Å². The van der Waals surface area contributed by atoms with Crippen molar-refractivity contribution in [3.63, 3.8) is 0 Å². The molecule has 4 atom stereocenters. The molecule has 0 aromatic heterocycles. The highest BCUT2D eigenvalue weighted by Crippen LogP contribution is 2.23. The first-order chi connectivity index (χ1) is 13.3. The molecule has 0 N–H and O–H groups in total. The van der Waals surface area contributed by atoms with Crippen molar-refractivity contribution in [3.05, 3.63) is 23.8 Å². The van der Waals surface area contributed by atoms with E-state index in [4.69, 9.17) is 23.7 Å². The van der Waals surface area contributed by atoms with Crippen molar-refractivity contribution in [1.82, 2.24) is 0 Å². The van der Waals surface area contributed by atoms with Gasteiger partial charge in [-0.3, -0.25) is 9.59 Å². The Hall–Kier alpha value is -1.22. The largest absolute Gasteiger partial charge is 0.463 e. The van der Waals surface area contributed by atoms with Crippen LogP contribution < -0.4 is 0 Å². The van der Waals surface area contributed by atoms with E-state index in [1.165, 1.54) is 21.0 Å². The number of rotatable bonds is 14. The number of alkyl halides is 1. The van der Waals surface area contributed by atoms with E-state index in [-0.39, 0.29) is 13.2 Å². The number of carbonyl (C=O) groups is 2. The lowest BCUT2D eigenvalue weighted by atomic mass is 9.98. The average molecular weight is 465 g/mol. The summed E-state index contributed by atoms with van der Waals surface area (Å²) in [4.78, 5) is 22.9. The Kier molecular flexibility index (Phi) is 15.0. The number of methoxy groups -OCH3 is 2. The monoisotopic (exact) mass is 464 g/mol. The molecule has 0 bridgehead atoms. The second-order valence-electron chi connectivity index (χ2n) is 6.12. The van der Waals surface area contributed by atoms with Gasteiger partial charge in [0.05, 0.1) is 12.7 Å². The van der Waals surface area contributed by atoms with Gasteiger partial charge in [0, 0.05) is 33.4 Å². The van der Waals surface area contributed by atoms with E-state index in [2.05, 4.69) is 15.9 Å². The van der Waals surface area contributed by atoms with Crippen molar-refractivity contribution in [2.45, 2.75) is 58.5 Å². The van der Waals surface area contributed by atoms with Crippen LogP contribution in [0.1, 0.15) is 34.1 Å². The summed E-state index contributed by atoms with van der Waals surface area (Å²) in [6.45, 7) is 6.71. The molecule has 0 aromatic carbocycles. The van der Waals surface area contributed by atoms with Crippen LogP contribution in [0.4, 0.5) is 0 Å². The van der Waals surface area contributed by atoms with Crippen LogP contribution in [0.25, 0.3) is 0 Å². The molecular formula is C20H33BrO7. The molecule has 0 amide bonds. The van der Waals surface area contributed by atoms with Crippen molar-refractivity contribution in [3.8, 4) is 0 Å².